The van der Waals surface area contributed by atoms with E-state index in [4.69, 9.17) is 10.5 Å². The minimum absolute atomic E-state index is 0.144. The molecule has 0 fully saturated rings. The quantitative estimate of drug-likeness (QED) is 0.876. The second kappa shape index (κ2) is 4.59. The number of methoxy groups -OCH3 is 1. The molecule has 0 bridgehead atoms. The molecule has 90 valence electrons. The van der Waals surface area contributed by atoms with E-state index in [1.165, 1.54) is 0 Å². The fraction of sp³-hybridized carbons (Fsp3) is 0.308. The Hall–Kier alpha value is -1.81. The summed E-state index contributed by atoms with van der Waals surface area (Å²) in [5.41, 5.74) is 9.43. The summed E-state index contributed by atoms with van der Waals surface area (Å²) in [7, 11) is 3.57. The molecule has 1 unspecified atom stereocenters. The summed E-state index contributed by atoms with van der Waals surface area (Å²) in [4.78, 5) is 0. The number of aryl methyl sites for hydroxylation is 1. The standard InChI is InChI=1S/C13H17N3O/c1-9-12(8-15-16(9)2)13(14)10-4-6-11(17-3)7-5-10/h4-8,13H,14H2,1-3H3. The van der Waals surface area contributed by atoms with Gasteiger partial charge in [-0.3, -0.25) is 4.68 Å². The van der Waals surface area contributed by atoms with Crippen molar-refractivity contribution < 1.29 is 4.74 Å². The van der Waals surface area contributed by atoms with Gasteiger partial charge in [-0.25, -0.2) is 0 Å². The topological polar surface area (TPSA) is 53.1 Å². The van der Waals surface area contributed by atoms with Gasteiger partial charge in [0.2, 0.25) is 0 Å². The van der Waals surface area contributed by atoms with Gasteiger partial charge in [-0.2, -0.15) is 5.10 Å². The Bertz CT molecular complexity index is 502. The van der Waals surface area contributed by atoms with E-state index in [1.807, 2.05) is 49.1 Å². The van der Waals surface area contributed by atoms with Gasteiger partial charge < -0.3 is 10.5 Å². The Balaban J connectivity index is 2.30. The Morgan fingerprint density at radius 3 is 2.41 bits per heavy atom. The van der Waals surface area contributed by atoms with Crippen LogP contribution in [0.25, 0.3) is 0 Å². The molecule has 0 radical (unpaired) electrons. The summed E-state index contributed by atoms with van der Waals surface area (Å²) >= 11 is 0. The van der Waals surface area contributed by atoms with Crippen LogP contribution in [-0.2, 0) is 7.05 Å². The van der Waals surface area contributed by atoms with E-state index in [1.54, 1.807) is 7.11 Å². The van der Waals surface area contributed by atoms with Crippen molar-refractivity contribution >= 4 is 0 Å². The van der Waals surface area contributed by atoms with Crippen molar-refractivity contribution in [3.63, 3.8) is 0 Å². The highest BCUT2D eigenvalue weighted by atomic mass is 16.5. The van der Waals surface area contributed by atoms with E-state index in [-0.39, 0.29) is 6.04 Å². The molecule has 17 heavy (non-hydrogen) atoms. The van der Waals surface area contributed by atoms with Gasteiger partial charge in [-0.05, 0) is 24.6 Å². The van der Waals surface area contributed by atoms with E-state index >= 15 is 0 Å². The van der Waals surface area contributed by atoms with Crippen LogP contribution < -0.4 is 10.5 Å². The van der Waals surface area contributed by atoms with Crippen LogP contribution in [0.3, 0.4) is 0 Å². The third kappa shape index (κ3) is 2.17. The van der Waals surface area contributed by atoms with E-state index in [2.05, 4.69) is 5.10 Å². The van der Waals surface area contributed by atoms with Crippen molar-refractivity contribution in [2.75, 3.05) is 7.11 Å². The monoisotopic (exact) mass is 231 g/mol. The van der Waals surface area contributed by atoms with Gasteiger partial charge in [0.25, 0.3) is 0 Å². The lowest BCUT2D eigenvalue weighted by Crippen LogP contribution is -2.12. The molecule has 1 aromatic heterocycles. The number of benzene rings is 1. The maximum Gasteiger partial charge on any atom is 0.118 e. The van der Waals surface area contributed by atoms with Gasteiger partial charge >= 0.3 is 0 Å². The van der Waals surface area contributed by atoms with E-state index < -0.39 is 0 Å². The molecule has 0 aliphatic rings. The second-order valence-corrected chi connectivity index (χ2v) is 4.06. The fourth-order valence-corrected chi connectivity index (χ4v) is 1.81. The van der Waals surface area contributed by atoms with Crippen molar-refractivity contribution in [1.82, 2.24) is 9.78 Å². The third-order valence-electron chi connectivity index (χ3n) is 3.08. The Morgan fingerprint density at radius 2 is 1.94 bits per heavy atom. The summed E-state index contributed by atoms with van der Waals surface area (Å²) in [5.74, 6) is 0.837. The third-order valence-corrected chi connectivity index (χ3v) is 3.08. The first kappa shape index (κ1) is 11.7. The summed E-state index contributed by atoms with van der Waals surface area (Å²) in [6.45, 7) is 2.02. The molecule has 2 rings (SSSR count). The maximum absolute atomic E-state index is 6.23. The number of nitrogens with two attached hydrogens (primary N) is 1. The molecule has 0 aliphatic heterocycles. The molecule has 4 nitrogen and oxygen atoms in total. The van der Waals surface area contributed by atoms with Crippen molar-refractivity contribution in [2.24, 2.45) is 12.8 Å². The normalized spacial score (nSPS) is 12.5. The number of ether oxygens (including phenoxy) is 1. The van der Waals surface area contributed by atoms with Crippen LogP contribution in [-0.4, -0.2) is 16.9 Å². The number of rotatable bonds is 3. The molecule has 2 N–H and O–H groups in total. The zero-order chi connectivity index (χ0) is 12.4. The maximum atomic E-state index is 6.23. The van der Waals surface area contributed by atoms with Gasteiger partial charge in [0.1, 0.15) is 5.75 Å². The first-order valence-corrected chi connectivity index (χ1v) is 5.51. The van der Waals surface area contributed by atoms with Gasteiger partial charge in [0, 0.05) is 18.3 Å². The van der Waals surface area contributed by atoms with Crippen LogP contribution >= 0.6 is 0 Å². The molecule has 0 spiro atoms. The predicted octanol–water partition coefficient (Wildman–Crippen LogP) is 1.79. The summed E-state index contributed by atoms with van der Waals surface area (Å²) in [5, 5.41) is 4.21. The SMILES string of the molecule is COc1ccc(C(N)c2cnn(C)c2C)cc1. The number of hydrogen-bond donors (Lipinski definition) is 1. The van der Waals surface area contributed by atoms with Crippen molar-refractivity contribution in [3.05, 3.63) is 47.3 Å². The summed E-state index contributed by atoms with van der Waals surface area (Å²) in [6.07, 6.45) is 1.82. The molecular formula is C13H17N3O. The highest BCUT2D eigenvalue weighted by Crippen LogP contribution is 2.23. The molecular weight excluding hydrogens is 214 g/mol. The second-order valence-electron chi connectivity index (χ2n) is 4.06. The fourth-order valence-electron chi connectivity index (χ4n) is 1.81. The number of aromatic nitrogens is 2. The van der Waals surface area contributed by atoms with Gasteiger partial charge in [0.15, 0.2) is 0 Å². The van der Waals surface area contributed by atoms with Crippen LogP contribution in [0.1, 0.15) is 22.9 Å². The smallest absolute Gasteiger partial charge is 0.118 e. The Kier molecular flexibility index (Phi) is 3.15. The lowest BCUT2D eigenvalue weighted by atomic mass is 10.0. The van der Waals surface area contributed by atoms with Crippen LogP contribution in [0, 0.1) is 6.92 Å². The molecule has 0 saturated carbocycles. The molecule has 0 aliphatic carbocycles. The Morgan fingerprint density at radius 1 is 1.29 bits per heavy atom. The van der Waals surface area contributed by atoms with Gasteiger partial charge in [-0.15, -0.1) is 0 Å². The predicted molar refractivity (Wildman–Crippen MR) is 67.0 cm³/mol. The lowest BCUT2D eigenvalue weighted by molar-refractivity contribution is 0.414. The van der Waals surface area contributed by atoms with Crippen LogP contribution in [0.15, 0.2) is 30.5 Å². The highest BCUT2D eigenvalue weighted by molar-refractivity contribution is 5.35. The average molecular weight is 231 g/mol. The van der Waals surface area contributed by atoms with Crippen LogP contribution in [0.5, 0.6) is 5.75 Å². The van der Waals surface area contributed by atoms with E-state index in [0.717, 1.165) is 22.6 Å². The molecule has 0 saturated heterocycles. The minimum Gasteiger partial charge on any atom is -0.497 e. The zero-order valence-corrected chi connectivity index (χ0v) is 10.3. The Labute approximate surface area is 101 Å². The molecule has 0 amide bonds. The van der Waals surface area contributed by atoms with Crippen molar-refractivity contribution in [3.8, 4) is 5.75 Å². The molecule has 1 heterocycles. The van der Waals surface area contributed by atoms with E-state index in [0.29, 0.717) is 0 Å². The van der Waals surface area contributed by atoms with Crippen LogP contribution in [0.2, 0.25) is 0 Å². The summed E-state index contributed by atoms with van der Waals surface area (Å²) in [6, 6.07) is 7.66. The molecule has 1 aromatic carbocycles. The van der Waals surface area contributed by atoms with E-state index in [9.17, 15) is 0 Å². The van der Waals surface area contributed by atoms with Crippen LogP contribution in [0.4, 0.5) is 0 Å². The van der Waals surface area contributed by atoms with Crippen molar-refractivity contribution in [1.29, 1.82) is 0 Å². The van der Waals surface area contributed by atoms with Gasteiger partial charge in [-0.1, -0.05) is 12.1 Å². The highest BCUT2D eigenvalue weighted by Gasteiger charge is 2.14. The first-order chi connectivity index (χ1) is 8.13. The summed E-state index contributed by atoms with van der Waals surface area (Å²) < 4.78 is 6.96. The lowest BCUT2D eigenvalue weighted by Gasteiger charge is -2.12. The zero-order valence-electron chi connectivity index (χ0n) is 10.3. The number of nitrogens with zero attached hydrogens (tertiary/aromatic N) is 2. The molecule has 2 aromatic rings. The number of hydrogen-bond acceptors (Lipinski definition) is 3. The molecule has 1 atom stereocenters. The molecule has 4 heteroatoms. The average Bonchev–Trinajstić information content (AvgIpc) is 2.69. The largest absolute Gasteiger partial charge is 0.497 e. The minimum atomic E-state index is -0.144. The first-order valence-electron chi connectivity index (χ1n) is 5.51. The van der Waals surface area contributed by atoms with Gasteiger partial charge in [0.05, 0.1) is 19.3 Å². The van der Waals surface area contributed by atoms with Crippen molar-refractivity contribution in [2.45, 2.75) is 13.0 Å².